The number of fused-ring (bicyclic) bond motifs is 5. The van der Waals surface area contributed by atoms with E-state index < -0.39 is 23.3 Å². The molecule has 0 aliphatic carbocycles. The minimum Gasteiger partial charge on any atom is -0.376 e. The summed E-state index contributed by atoms with van der Waals surface area (Å²) in [5, 5.41) is 0. The van der Waals surface area contributed by atoms with Gasteiger partial charge in [-0.05, 0) is 37.5 Å². The third-order valence-electron chi connectivity index (χ3n) is 7.17. The topological polar surface area (TPSA) is 66.9 Å². The molecule has 31 heavy (non-hydrogen) atoms. The first-order valence-corrected chi connectivity index (χ1v) is 11.3. The molecule has 4 heterocycles. The Labute approximate surface area is 183 Å². The number of carbonyl (C=O) groups excluding carboxylic acids is 3. The fraction of sp³-hybridized carbons (Fsp3) is 0.560. The van der Waals surface area contributed by atoms with Crippen LogP contribution in [0.25, 0.3) is 6.08 Å². The highest BCUT2D eigenvalue weighted by Gasteiger charge is 2.64. The van der Waals surface area contributed by atoms with Crippen LogP contribution < -0.4 is 4.90 Å². The van der Waals surface area contributed by atoms with Crippen molar-refractivity contribution < 1.29 is 19.1 Å². The van der Waals surface area contributed by atoms with Crippen LogP contribution in [-0.2, 0) is 19.1 Å². The molecule has 0 aromatic heterocycles. The van der Waals surface area contributed by atoms with Gasteiger partial charge in [0.2, 0.25) is 11.8 Å². The predicted molar refractivity (Wildman–Crippen MR) is 117 cm³/mol. The SMILES string of the molecule is Cc1ccc2c(c1)C=C[C@@H]1[C@@H]3C(=O)N(C[C@@H]4CCCO4)C(=O)[C@@H]3[C@@H](C(=O)C(C)(C)C)N21. The van der Waals surface area contributed by atoms with Crippen LogP contribution in [0.15, 0.2) is 24.3 Å². The summed E-state index contributed by atoms with van der Waals surface area (Å²) in [7, 11) is 0. The molecule has 164 valence electrons. The number of likely N-dealkylation sites (tertiary alicyclic amines) is 1. The minimum atomic E-state index is -0.650. The Morgan fingerprint density at radius 3 is 2.58 bits per heavy atom. The Bertz CT molecular complexity index is 986. The van der Waals surface area contributed by atoms with Crippen molar-refractivity contribution in [3.8, 4) is 0 Å². The largest absolute Gasteiger partial charge is 0.376 e. The number of hydrogen-bond donors (Lipinski definition) is 0. The zero-order valence-corrected chi connectivity index (χ0v) is 18.6. The highest BCUT2D eigenvalue weighted by molar-refractivity contribution is 6.11. The summed E-state index contributed by atoms with van der Waals surface area (Å²) in [5.74, 6) is -1.56. The average molecular weight is 423 g/mol. The first-order valence-electron chi connectivity index (χ1n) is 11.3. The molecule has 6 nitrogen and oxygen atoms in total. The molecule has 0 bridgehead atoms. The lowest BCUT2D eigenvalue weighted by molar-refractivity contribution is -0.143. The van der Waals surface area contributed by atoms with Gasteiger partial charge in [-0.2, -0.15) is 0 Å². The summed E-state index contributed by atoms with van der Waals surface area (Å²) >= 11 is 0. The average Bonchev–Trinajstić information content (AvgIpc) is 3.40. The molecule has 5 rings (SSSR count). The maximum absolute atomic E-state index is 13.7. The van der Waals surface area contributed by atoms with Gasteiger partial charge in [-0.15, -0.1) is 0 Å². The second kappa shape index (κ2) is 7.02. The van der Waals surface area contributed by atoms with E-state index in [0.717, 1.165) is 29.7 Å². The Morgan fingerprint density at radius 1 is 1.16 bits per heavy atom. The lowest BCUT2D eigenvalue weighted by Crippen LogP contribution is -2.52. The molecule has 5 atom stereocenters. The van der Waals surface area contributed by atoms with E-state index in [9.17, 15) is 14.4 Å². The predicted octanol–water partition coefficient (Wildman–Crippen LogP) is 2.97. The number of ketones is 1. The smallest absolute Gasteiger partial charge is 0.235 e. The molecular formula is C25H30N2O4. The molecule has 6 heteroatoms. The van der Waals surface area contributed by atoms with Crippen LogP contribution in [-0.4, -0.2) is 53.8 Å². The zero-order chi connectivity index (χ0) is 22.1. The summed E-state index contributed by atoms with van der Waals surface area (Å²) in [6.45, 7) is 8.67. The Morgan fingerprint density at radius 2 is 1.90 bits per heavy atom. The standard InChI is InChI=1S/C25H30N2O4/c1-14-7-9-17-15(12-14)8-10-18-19-20(21(27(17)18)22(28)25(2,3)4)24(30)26(23(19)29)13-16-6-5-11-31-16/h7-10,12,16,18-21H,5-6,11,13H2,1-4H3/t16-,18+,19-,20-,21-/m0/s1. The summed E-state index contributed by atoms with van der Waals surface area (Å²) in [6, 6.07) is 5.19. The first kappa shape index (κ1) is 20.4. The van der Waals surface area contributed by atoms with E-state index in [4.69, 9.17) is 4.74 Å². The molecule has 1 aromatic rings. The fourth-order valence-electron chi connectivity index (χ4n) is 5.67. The van der Waals surface area contributed by atoms with Crippen molar-refractivity contribution in [2.75, 3.05) is 18.1 Å². The van der Waals surface area contributed by atoms with Crippen LogP contribution in [0.4, 0.5) is 5.69 Å². The molecule has 4 aliphatic rings. The van der Waals surface area contributed by atoms with Crippen molar-refractivity contribution in [2.24, 2.45) is 17.3 Å². The number of rotatable bonds is 3. The van der Waals surface area contributed by atoms with Crippen molar-refractivity contribution in [1.29, 1.82) is 0 Å². The zero-order valence-electron chi connectivity index (χ0n) is 18.6. The molecule has 0 unspecified atom stereocenters. The molecular weight excluding hydrogens is 392 g/mol. The van der Waals surface area contributed by atoms with Gasteiger partial charge in [-0.25, -0.2) is 0 Å². The lowest BCUT2D eigenvalue weighted by atomic mass is 9.79. The Kier molecular flexibility index (Phi) is 4.63. The molecule has 0 spiro atoms. The van der Waals surface area contributed by atoms with Crippen LogP contribution in [0.3, 0.4) is 0 Å². The maximum atomic E-state index is 13.7. The van der Waals surface area contributed by atoms with Crippen LogP contribution in [0, 0.1) is 24.2 Å². The molecule has 3 saturated heterocycles. The molecule has 0 N–H and O–H groups in total. The normalized spacial score (nSPS) is 31.8. The highest BCUT2D eigenvalue weighted by atomic mass is 16.5. The fourth-order valence-corrected chi connectivity index (χ4v) is 5.67. The second-order valence-electron chi connectivity index (χ2n) is 10.4. The minimum absolute atomic E-state index is 0.00643. The number of anilines is 1. The van der Waals surface area contributed by atoms with Gasteiger partial charge in [0, 0.05) is 17.7 Å². The van der Waals surface area contributed by atoms with Gasteiger partial charge >= 0.3 is 0 Å². The van der Waals surface area contributed by atoms with E-state index in [1.54, 1.807) is 0 Å². The van der Waals surface area contributed by atoms with E-state index >= 15 is 0 Å². The number of carbonyl (C=O) groups is 3. The number of benzene rings is 1. The molecule has 4 aliphatic heterocycles. The van der Waals surface area contributed by atoms with Gasteiger partial charge in [-0.3, -0.25) is 19.3 Å². The van der Waals surface area contributed by atoms with Gasteiger partial charge in [0.1, 0.15) is 6.04 Å². The van der Waals surface area contributed by atoms with Crippen LogP contribution in [0.1, 0.15) is 44.7 Å². The number of Topliss-reactive ketones (excluding diaryl/α,β-unsaturated/α-hetero) is 1. The van der Waals surface area contributed by atoms with Crippen molar-refractivity contribution in [3.63, 3.8) is 0 Å². The number of nitrogens with zero attached hydrogens (tertiary/aromatic N) is 2. The summed E-state index contributed by atoms with van der Waals surface area (Å²) in [4.78, 5) is 44.2. The van der Waals surface area contributed by atoms with Crippen molar-refractivity contribution in [3.05, 3.63) is 35.4 Å². The molecule has 3 fully saturated rings. The number of aryl methyl sites for hydroxylation is 1. The Balaban J connectivity index is 1.58. The van der Waals surface area contributed by atoms with Crippen molar-refractivity contribution in [2.45, 2.75) is 58.7 Å². The third-order valence-corrected chi connectivity index (χ3v) is 7.17. The van der Waals surface area contributed by atoms with Gasteiger partial charge in [0.25, 0.3) is 0 Å². The quantitative estimate of drug-likeness (QED) is 0.701. The summed E-state index contributed by atoms with van der Waals surface area (Å²) < 4.78 is 5.69. The number of ether oxygens (including phenoxy) is 1. The lowest BCUT2D eigenvalue weighted by Gasteiger charge is -2.38. The second-order valence-corrected chi connectivity index (χ2v) is 10.4. The van der Waals surface area contributed by atoms with Crippen LogP contribution in [0.2, 0.25) is 0 Å². The number of amides is 2. The molecule has 2 amide bonds. The van der Waals surface area contributed by atoms with Gasteiger partial charge in [0.05, 0.1) is 30.5 Å². The number of imide groups is 1. The van der Waals surface area contributed by atoms with Gasteiger partial charge in [0.15, 0.2) is 5.78 Å². The molecule has 0 radical (unpaired) electrons. The van der Waals surface area contributed by atoms with Crippen molar-refractivity contribution >= 4 is 29.4 Å². The monoisotopic (exact) mass is 422 g/mol. The Hall–Kier alpha value is -2.47. The molecule has 0 saturated carbocycles. The van der Waals surface area contributed by atoms with Gasteiger partial charge in [-0.1, -0.05) is 44.6 Å². The van der Waals surface area contributed by atoms with E-state index in [-0.39, 0.29) is 29.7 Å². The van der Waals surface area contributed by atoms with E-state index in [2.05, 4.69) is 11.0 Å². The van der Waals surface area contributed by atoms with Crippen molar-refractivity contribution in [1.82, 2.24) is 4.90 Å². The first-order chi connectivity index (χ1) is 14.7. The van der Waals surface area contributed by atoms with E-state index in [1.807, 2.05) is 52.0 Å². The summed E-state index contributed by atoms with van der Waals surface area (Å²) in [5.41, 5.74) is 2.47. The van der Waals surface area contributed by atoms with Crippen LogP contribution in [0.5, 0.6) is 0 Å². The van der Waals surface area contributed by atoms with Gasteiger partial charge < -0.3 is 9.64 Å². The molecule has 1 aromatic carbocycles. The maximum Gasteiger partial charge on any atom is 0.235 e. The third kappa shape index (κ3) is 3.06. The van der Waals surface area contributed by atoms with E-state index in [1.165, 1.54) is 4.90 Å². The van der Waals surface area contributed by atoms with E-state index in [0.29, 0.717) is 13.2 Å². The number of hydrogen-bond acceptors (Lipinski definition) is 5. The highest BCUT2D eigenvalue weighted by Crippen LogP contribution is 2.50. The summed E-state index contributed by atoms with van der Waals surface area (Å²) in [6.07, 6.45) is 5.76. The van der Waals surface area contributed by atoms with Crippen LogP contribution >= 0.6 is 0 Å².